The number of benzene rings is 3. The molecule has 0 saturated carbocycles. The van der Waals surface area contributed by atoms with Crippen LogP contribution < -0.4 is 16.4 Å². The van der Waals surface area contributed by atoms with Crippen LogP contribution in [0.15, 0.2) is 72.9 Å². The molecule has 0 aliphatic carbocycles. The number of carbonyl (C=O) groups is 1. The summed E-state index contributed by atoms with van der Waals surface area (Å²) in [5.41, 5.74) is 11.0. The maximum Gasteiger partial charge on any atom is 0.323 e. The van der Waals surface area contributed by atoms with Crippen LogP contribution in [-0.2, 0) is 0 Å². The maximum absolute atomic E-state index is 12.3. The van der Waals surface area contributed by atoms with Crippen LogP contribution >= 0.6 is 0 Å². The van der Waals surface area contributed by atoms with Crippen molar-refractivity contribution in [3.05, 3.63) is 78.5 Å². The monoisotopic (exact) mass is 369 g/mol. The average molecular weight is 369 g/mol. The van der Waals surface area contributed by atoms with E-state index in [9.17, 15) is 4.79 Å². The van der Waals surface area contributed by atoms with E-state index in [1.165, 1.54) is 0 Å². The number of amides is 2. The molecule has 0 atom stereocenters. The number of urea groups is 1. The number of rotatable bonds is 3. The molecule has 0 bridgehead atoms. The largest absolute Gasteiger partial charge is 0.368 e. The van der Waals surface area contributed by atoms with Gasteiger partial charge in [-0.15, -0.1) is 0 Å². The fourth-order valence-corrected chi connectivity index (χ4v) is 3.04. The molecular formula is C22H19N5O. The molecule has 28 heavy (non-hydrogen) atoms. The summed E-state index contributed by atoms with van der Waals surface area (Å²) in [7, 11) is 0. The molecule has 4 rings (SSSR count). The molecule has 0 spiro atoms. The molecule has 0 aliphatic heterocycles. The Morgan fingerprint density at radius 2 is 1.71 bits per heavy atom. The van der Waals surface area contributed by atoms with Crippen molar-refractivity contribution in [3.63, 3.8) is 0 Å². The van der Waals surface area contributed by atoms with Crippen LogP contribution in [0.2, 0.25) is 0 Å². The van der Waals surface area contributed by atoms with Crippen molar-refractivity contribution in [2.75, 3.05) is 16.4 Å². The number of anilines is 3. The summed E-state index contributed by atoms with van der Waals surface area (Å²) in [6.45, 7) is 2.03. The molecule has 4 N–H and O–H groups in total. The topological polar surface area (TPSA) is 92.9 Å². The standard InChI is InChI=1S/C22H19N5O/c1-14-7-9-18(26-22(28)25-17-5-3-2-4-6-17)12-19(14)15-8-10-20-16(11-15)13-24-21(23)27-20/h2-13H,1H3,(H2,23,24,27)(H2,25,26,28). The maximum atomic E-state index is 12.3. The smallest absolute Gasteiger partial charge is 0.323 e. The molecule has 1 aromatic heterocycles. The van der Waals surface area contributed by atoms with Gasteiger partial charge in [0, 0.05) is 23.0 Å². The Labute approximate surface area is 162 Å². The Balaban J connectivity index is 1.60. The van der Waals surface area contributed by atoms with E-state index in [4.69, 9.17) is 5.73 Å². The van der Waals surface area contributed by atoms with Crippen LogP contribution in [0.4, 0.5) is 22.1 Å². The van der Waals surface area contributed by atoms with E-state index < -0.39 is 0 Å². The van der Waals surface area contributed by atoms with Gasteiger partial charge in [-0.3, -0.25) is 0 Å². The van der Waals surface area contributed by atoms with Crippen LogP contribution in [0.1, 0.15) is 5.56 Å². The van der Waals surface area contributed by atoms with Gasteiger partial charge in [0.25, 0.3) is 0 Å². The lowest BCUT2D eigenvalue weighted by Crippen LogP contribution is -2.19. The van der Waals surface area contributed by atoms with Crippen molar-refractivity contribution in [2.24, 2.45) is 0 Å². The summed E-state index contributed by atoms with van der Waals surface area (Å²) < 4.78 is 0. The fourth-order valence-electron chi connectivity index (χ4n) is 3.04. The van der Waals surface area contributed by atoms with Crippen molar-refractivity contribution < 1.29 is 4.79 Å². The van der Waals surface area contributed by atoms with Crippen molar-refractivity contribution in [1.82, 2.24) is 9.97 Å². The Bertz CT molecular complexity index is 1160. The van der Waals surface area contributed by atoms with Crippen molar-refractivity contribution in [3.8, 4) is 11.1 Å². The van der Waals surface area contributed by atoms with E-state index in [1.54, 1.807) is 6.20 Å². The van der Waals surface area contributed by atoms with Crippen LogP contribution in [0.25, 0.3) is 22.0 Å². The van der Waals surface area contributed by atoms with Gasteiger partial charge in [0.2, 0.25) is 5.95 Å². The molecule has 2 amide bonds. The van der Waals surface area contributed by atoms with E-state index >= 15 is 0 Å². The zero-order chi connectivity index (χ0) is 19.5. The molecule has 0 fully saturated rings. The lowest BCUT2D eigenvalue weighted by molar-refractivity contribution is 0.262. The molecule has 0 aliphatic rings. The average Bonchev–Trinajstić information content (AvgIpc) is 2.70. The second-order valence-electron chi connectivity index (χ2n) is 6.48. The number of hydrogen-bond acceptors (Lipinski definition) is 4. The Morgan fingerprint density at radius 3 is 2.54 bits per heavy atom. The number of hydrogen-bond donors (Lipinski definition) is 3. The molecule has 0 saturated heterocycles. The quantitative estimate of drug-likeness (QED) is 0.482. The number of fused-ring (bicyclic) bond motifs is 1. The van der Waals surface area contributed by atoms with Gasteiger partial charge in [-0.05, 0) is 60.0 Å². The highest BCUT2D eigenvalue weighted by Gasteiger charge is 2.08. The number of para-hydroxylation sites is 1. The third-order valence-corrected chi connectivity index (χ3v) is 4.44. The van der Waals surface area contributed by atoms with Gasteiger partial charge in [0.1, 0.15) is 0 Å². The van der Waals surface area contributed by atoms with Crippen molar-refractivity contribution >= 4 is 34.3 Å². The van der Waals surface area contributed by atoms with Gasteiger partial charge < -0.3 is 16.4 Å². The van der Waals surface area contributed by atoms with Crippen LogP contribution in [0, 0.1) is 6.92 Å². The predicted octanol–water partition coefficient (Wildman–Crippen LogP) is 4.83. The second kappa shape index (κ2) is 7.36. The molecule has 6 nitrogen and oxygen atoms in total. The summed E-state index contributed by atoms with van der Waals surface area (Å²) in [5, 5.41) is 6.61. The number of nitrogens with one attached hydrogen (secondary N) is 2. The normalized spacial score (nSPS) is 10.6. The SMILES string of the molecule is Cc1ccc(NC(=O)Nc2ccccc2)cc1-c1ccc2nc(N)ncc2c1. The zero-order valence-corrected chi connectivity index (χ0v) is 15.3. The number of nitrogens with zero attached hydrogens (tertiary/aromatic N) is 2. The number of aromatic nitrogens is 2. The van der Waals surface area contributed by atoms with Gasteiger partial charge in [0.15, 0.2) is 0 Å². The van der Waals surface area contributed by atoms with Gasteiger partial charge in [-0.2, -0.15) is 0 Å². The van der Waals surface area contributed by atoms with Gasteiger partial charge in [0.05, 0.1) is 5.52 Å². The first-order valence-electron chi connectivity index (χ1n) is 8.85. The Morgan fingerprint density at radius 1 is 0.929 bits per heavy atom. The molecule has 0 unspecified atom stereocenters. The lowest BCUT2D eigenvalue weighted by Gasteiger charge is -2.12. The summed E-state index contributed by atoms with van der Waals surface area (Å²) >= 11 is 0. The summed E-state index contributed by atoms with van der Waals surface area (Å²) in [6.07, 6.45) is 1.71. The molecule has 3 aromatic carbocycles. The molecular weight excluding hydrogens is 350 g/mol. The van der Waals surface area contributed by atoms with E-state index in [0.717, 1.165) is 33.3 Å². The second-order valence-corrected chi connectivity index (χ2v) is 6.48. The number of nitrogen functional groups attached to an aromatic ring is 1. The molecule has 0 radical (unpaired) electrons. The molecule has 1 heterocycles. The van der Waals surface area contributed by atoms with Gasteiger partial charge in [-0.25, -0.2) is 14.8 Å². The third-order valence-electron chi connectivity index (χ3n) is 4.44. The minimum atomic E-state index is -0.289. The van der Waals surface area contributed by atoms with Gasteiger partial charge in [-0.1, -0.05) is 30.3 Å². The molecule has 6 heteroatoms. The van der Waals surface area contributed by atoms with E-state index in [-0.39, 0.29) is 12.0 Å². The number of aryl methyl sites for hydroxylation is 1. The van der Waals surface area contributed by atoms with Crippen LogP contribution in [-0.4, -0.2) is 16.0 Å². The highest BCUT2D eigenvalue weighted by molar-refractivity contribution is 6.00. The van der Waals surface area contributed by atoms with Gasteiger partial charge >= 0.3 is 6.03 Å². The lowest BCUT2D eigenvalue weighted by atomic mass is 9.98. The Hall–Kier alpha value is -3.93. The van der Waals surface area contributed by atoms with Crippen molar-refractivity contribution in [2.45, 2.75) is 6.92 Å². The minimum Gasteiger partial charge on any atom is -0.368 e. The van der Waals surface area contributed by atoms with E-state index in [1.807, 2.05) is 73.7 Å². The fraction of sp³-hybridized carbons (Fsp3) is 0.0455. The Kier molecular flexibility index (Phi) is 4.60. The third kappa shape index (κ3) is 3.76. The minimum absolute atomic E-state index is 0.257. The van der Waals surface area contributed by atoms with E-state index in [2.05, 4.69) is 20.6 Å². The highest BCUT2D eigenvalue weighted by atomic mass is 16.2. The summed E-state index contributed by atoms with van der Waals surface area (Å²) in [4.78, 5) is 20.6. The first-order valence-corrected chi connectivity index (χ1v) is 8.85. The first kappa shape index (κ1) is 17.5. The molecule has 4 aromatic rings. The summed E-state index contributed by atoms with van der Waals surface area (Å²) in [5.74, 6) is 0.257. The van der Waals surface area contributed by atoms with Crippen LogP contribution in [0.5, 0.6) is 0 Å². The number of carbonyl (C=O) groups excluding carboxylic acids is 1. The highest BCUT2D eigenvalue weighted by Crippen LogP contribution is 2.29. The predicted molar refractivity (Wildman–Crippen MR) is 113 cm³/mol. The number of nitrogens with two attached hydrogens (primary N) is 1. The van der Waals surface area contributed by atoms with Crippen molar-refractivity contribution in [1.29, 1.82) is 0 Å². The summed E-state index contributed by atoms with van der Waals surface area (Å²) in [6, 6.07) is 20.8. The molecule has 138 valence electrons. The van der Waals surface area contributed by atoms with E-state index in [0.29, 0.717) is 5.69 Å². The zero-order valence-electron chi connectivity index (χ0n) is 15.3. The first-order chi connectivity index (χ1) is 13.6. The van der Waals surface area contributed by atoms with Crippen LogP contribution in [0.3, 0.4) is 0 Å².